The summed E-state index contributed by atoms with van der Waals surface area (Å²) in [6, 6.07) is 0. The number of rotatable bonds is 0. The van der Waals surface area contributed by atoms with Crippen LogP contribution in [0.2, 0.25) is 0 Å². The lowest BCUT2D eigenvalue weighted by Gasteiger charge is -2.27. The van der Waals surface area contributed by atoms with Crippen molar-refractivity contribution in [2.45, 2.75) is 19.3 Å². The number of hydrogen-bond acceptors (Lipinski definition) is 3. The van der Waals surface area contributed by atoms with E-state index in [-0.39, 0.29) is 0 Å². The average Bonchev–Trinajstić information content (AvgIpc) is 1.80. The van der Waals surface area contributed by atoms with Gasteiger partial charge >= 0.3 is 8.60 Å². The topological polar surface area (TPSA) is 27.7 Å². The Morgan fingerprint density at radius 1 is 0.818 bits per heavy atom. The molecule has 0 saturated carbocycles. The van der Waals surface area contributed by atoms with E-state index in [9.17, 15) is 0 Å². The molecular weight excluding hydrogens is 163 g/mol. The van der Waals surface area contributed by atoms with Gasteiger partial charge in [0.15, 0.2) is 0 Å². The van der Waals surface area contributed by atoms with Crippen molar-refractivity contribution in [1.29, 1.82) is 0 Å². The molecular formula is C7H13O3P. The van der Waals surface area contributed by atoms with Gasteiger partial charge in [0.25, 0.3) is 0 Å². The molecule has 0 unspecified atom stereocenters. The van der Waals surface area contributed by atoms with Gasteiger partial charge in [-0.3, -0.25) is 0 Å². The van der Waals surface area contributed by atoms with E-state index in [0.29, 0.717) is 0 Å². The molecule has 0 radical (unpaired) electrons. The Morgan fingerprint density at radius 3 is 1.73 bits per heavy atom. The second kappa shape index (κ2) is 3.81. The smallest absolute Gasteiger partial charge is 0.312 e. The van der Waals surface area contributed by atoms with Crippen LogP contribution in [-0.4, -0.2) is 19.8 Å². The molecule has 0 aromatic heterocycles. The van der Waals surface area contributed by atoms with Gasteiger partial charge in [0, 0.05) is 0 Å². The SMILES string of the molecule is C1CC2CCOP(O1)OCC2. The molecule has 3 aliphatic rings. The zero-order chi connectivity index (χ0) is 7.52. The summed E-state index contributed by atoms with van der Waals surface area (Å²) >= 11 is 0. The van der Waals surface area contributed by atoms with Crippen molar-refractivity contribution < 1.29 is 13.6 Å². The summed E-state index contributed by atoms with van der Waals surface area (Å²) in [5, 5.41) is 0. The maximum atomic E-state index is 5.37. The van der Waals surface area contributed by atoms with Crippen molar-refractivity contribution in [1.82, 2.24) is 0 Å². The third kappa shape index (κ3) is 2.12. The molecule has 64 valence electrons. The lowest BCUT2D eigenvalue weighted by atomic mass is 9.99. The molecule has 3 heterocycles. The third-order valence-corrected chi connectivity index (χ3v) is 3.35. The monoisotopic (exact) mass is 176 g/mol. The van der Waals surface area contributed by atoms with Gasteiger partial charge < -0.3 is 13.6 Å². The molecule has 0 aromatic rings. The van der Waals surface area contributed by atoms with Crippen molar-refractivity contribution in [3.63, 3.8) is 0 Å². The van der Waals surface area contributed by atoms with Crippen molar-refractivity contribution in [2.24, 2.45) is 5.92 Å². The first-order chi connectivity index (χ1) is 5.45. The molecule has 0 spiro atoms. The maximum absolute atomic E-state index is 5.37. The fourth-order valence-corrected chi connectivity index (χ4v) is 2.41. The molecule has 11 heavy (non-hydrogen) atoms. The minimum atomic E-state index is -0.978. The van der Waals surface area contributed by atoms with Crippen LogP contribution < -0.4 is 0 Å². The third-order valence-electron chi connectivity index (χ3n) is 2.17. The van der Waals surface area contributed by atoms with E-state index in [2.05, 4.69) is 0 Å². The Morgan fingerprint density at radius 2 is 1.27 bits per heavy atom. The molecule has 0 aromatic carbocycles. The molecule has 3 nitrogen and oxygen atoms in total. The quantitative estimate of drug-likeness (QED) is 0.529. The maximum Gasteiger partial charge on any atom is 0.332 e. The summed E-state index contributed by atoms with van der Waals surface area (Å²) in [5.74, 6) is 0.757. The van der Waals surface area contributed by atoms with E-state index >= 15 is 0 Å². The molecule has 0 N–H and O–H groups in total. The van der Waals surface area contributed by atoms with Gasteiger partial charge in [-0.15, -0.1) is 0 Å². The van der Waals surface area contributed by atoms with Crippen LogP contribution in [0.25, 0.3) is 0 Å². The Balaban J connectivity index is 1.96. The van der Waals surface area contributed by atoms with Gasteiger partial charge in [-0.1, -0.05) is 0 Å². The van der Waals surface area contributed by atoms with E-state index in [1.807, 2.05) is 0 Å². The van der Waals surface area contributed by atoms with Gasteiger partial charge in [0.05, 0.1) is 19.8 Å². The van der Waals surface area contributed by atoms with Crippen molar-refractivity contribution >= 4 is 8.60 Å². The fourth-order valence-electron chi connectivity index (χ4n) is 1.43. The fraction of sp³-hybridized carbons (Fsp3) is 1.00. The number of fused-ring (bicyclic) bond motifs is 6. The van der Waals surface area contributed by atoms with Gasteiger partial charge in [-0.25, -0.2) is 0 Å². The second-order valence-corrected chi connectivity index (χ2v) is 4.18. The van der Waals surface area contributed by atoms with Gasteiger partial charge in [0.2, 0.25) is 0 Å². The lowest BCUT2D eigenvalue weighted by Crippen LogP contribution is -2.17. The van der Waals surface area contributed by atoms with E-state index in [4.69, 9.17) is 13.6 Å². The van der Waals surface area contributed by atoms with Crippen LogP contribution in [0.5, 0.6) is 0 Å². The van der Waals surface area contributed by atoms with Crippen LogP contribution in [-0.2, 0) is 13.6 Å². The molecule has 0 atom stereocenters. The molecule has 4 heteroatoms. The largest absolute Gasteiger partial charge is 0.332 e. The first-order valence-corrected chi connectivity index (χ1v) is 5.23. The van der Waals surface area contributed by atoms with Crippen molar-refractivity contribution in [3.05, 3.63) is 0 Å². The van der Waals surface area contributed by atoms with E-state index in [1.54, 1.807) is 0 Å². The molecule has 3 rings (SSSR count). The summed E-state index contributed by atoms with van der Waals surface area (Å²) in [7, 11) is -0.978. The van der Waals surface area contributed by atoms with Gasteiger partial charge in [0.1, 0.15) is 0 Å². The zero-order valence-electron chi connectivity index (χ0n) is 6.49. The van der Waals surface area contributed by atoms with Crippen LogP contribution in [0, 0.1) is 5.92 Å². The number of hydrogen-bond donors (Lipinski definition) is 0. The highest BCUT2D eigenvalue weighted by atomic mass is 31.2. The van der Waals surface area contributed by atoms with Crippen molar-refractivity contribution in [3.8, 4) is 0 Å². The molecule has 0 amide bonds. The highest BCUT2D eigenvalue weighted by molar-refractivity contribution is 7.41. The first kappa shape index (κ1) is 7.93. The Kier molecular flexibility index (Phi) is 2.75. The first-order valence-electron chi connectivity index (χ1n) is 4.14. The van der Waals surface area contributed by atoms with Crippen LogP contribution in [0.1, 0.15) is 19.3 Å². The summed E-state index contributed by atoms with van der Waals surface area (Å²) in [5.41, 5.74) is 0. The Hall–Kier alpha value is 0.310. The van der Waals surface area contributed by atoms with Gasteiger partial charge in [-0.05, 0) is 25.2 Å². The summed E-state index contributed by atoms with van der Waals surface area (Å²) < 4.78 is 16.1. The Bertz CT molecular complexity index is 95.1. The second-order valence-electron chi connectivity index (χ2n) is 2.96. The van der Waals surface area contributed by atoms with E-state index in [1.165, 1.54) is 19.3 Å². The average molecular weight is 176 g/mol. The normalized spacial score (nSPS) is 39.3. The van der Waals surface area contributed by atoms with Gasteiger partial charge in [-0.2, -0.15) is 0 Å². The highest BCUT2D eigenvalue weighted by Crippen LogP contribution is 2.44. The van der Waals surface area contributed by atoms with E-state index < -0.39 is 8.60 Å². The van der Waals surface area contributed by atoms with E-state index in [0.717, 1.165) is 25.7 Å². The van der Waals surface area contributed by atoms with Crippen LogP contribution in [0.3, 0.4) is 0 Å². The molecule has 3 aliphatic heterocycles. The van der Waals surface area contributed by atoms with Crippen LogP contribution in [0.4, 0.5) is 0 Å². The highest BCUT2D eigenvalue weighted by Gasteiger charge is 2.23. The van der Waals surface area contributed by atoms with Crippen molar-refractivity contribution in [2.75, 3.05) is 19.8 Å². The molecule has 3 fully saturated rings. The summed E-state index contributed by atoms with van der Waals surface area (Å²) in [4.78, 5) is 0. The molecule has 3 saturated heterocycles. The minimum absolute atomic E-state index is 0.757. The lowest BCUT2D eigenvalue weighted by molar-refractivity contribution is 0.0879. The predicted molar refractivity (Wildman–Crippen MR) is 42.1 cm³/mol. The summed E-state index contributed by atoms with van der Waals surface area (Å²) in [6.07, 6.45) is 3.56. The summed E-state index contributed by atoms with van der Waals surface area (Å²) in [6.45, 7) is 2.45. The standard InChI is InChI=1S/C7H13O3P/c1-4-8-11-9-5-2-7(1)3-6-10-11/h7H,1-6H2. The predicted octanol–water partition coefficient (Wildman–Crippen LogP) is 2.08. The molecule has 2 bridgehead atoms. The zero-order valence-corrected chi connectivity index (χ0v) is 7.39. The minimum Gasteiger partial charge on any atom is -0.312 e. The van der Waals surface area contributed by atoms with Crippen LogP contribution >= 0.6 is 8.60 Å². The molecule has 0 aliphatic carbocycles. The van der Waals surface area contributed by atoms with Crippen LogP contribution in [0.15, 0.2) is 0 Å². The Labute approximate surface area is 68.0 Å².